The van der Waals surface area contributed by atoms with Gasteiger partial charge in [0, 0.05) is 30.9 Å². The van der Waals surface area contributed by atoms with E-state index in [2.05, 4.69) is 27.9 Å². The highest BCUT2D eigenvalue weighted by atomic mass is 32.1. The maximum absolute atomic E-state index is 5.92. The second kappa shape index (κ2) is 8.10. The molecule has 0 spiro atoms. The number of aromatic nitrogens is 3. The van der Waals surface area contributed by atoms with Gasteiger partial charge in [0.1, 0.15) is 5.75 Å². The summed E-state index contributed by atoms with van der Waals surface area (Å²) in [7, 11) is 0. The predicted molar refractivity (Wildman–Crippen MR) is 108 cm³/mol. The summed E-state index contributed by atoms with van der Waals surface area (Å²) < 4.78 is 5.92. The Kier molecular flexibility index (Phi) is 5.21. The van der Waals surface area contributed by atoms with E-state index in [4.69, 9.17) is 4.74 Å². The number of hydrogen-bond acceptors (Lipinski definition) is 5. The molecule has 0 N–H and O–H groups in total. The molecular weight excluding hydrogens is 354 g/mol. The number of pyridine rings is 2. The minimum absolute atomic E-state index is 0.614. The third kappa shape index (κ3) is 4.38. The first-order valence-electron chi connectivity index (χ1n) is 8.79. The number of hydrogen-bond donors (Lipinski definition) is 0. The normalized spacial score (nSPS) is 10.7. The number of benzene rings is 1. The van der Waals surface area contributed by atoms with Crippen LogP contribution in [-0.2, 0) is 12.8 Å². The molecule has 0 saturated heterocycles. The van der Waals surface area contributed by atoms with E-state index in [9.17, 15) is 0 Å². The molecule has 0 fully saturated rings. The van der Waals surface area contributed by atoms with Crippen LogP contribution < -0.4 is 4.74 Å². The molecule has 0 aliphatic heterocycles. The van der Waals surface area contributed by atoms with Crippen molar-refractivity contribution in [2.45, 2.75) is 19.8 Å². The minimum atomic E-state index is 0.614. The average molecular weight is 373 g/mol. The summed E-state index contributed by atoms with van der Waals surface area (Å²) in [5.41, 5.74) is 6.62. The maximum Gasteiger partial charge on any atom is 0.219 e. The highest BCUT2D eigenvalue weighted by molar-refractivity contribution is 7.13. The molecule has 5 heteroatoms. The van der Waals surface area contributed by atoms with E-state index in [-0.39, 0.29) is 0 Å². The second-order valence-corrected chi connectivity index (χ2v) is 7.19. The van der Waals surface area contributed by atoms with Gasteiger partial charge in [0.2, 0.25) is 5.88 Å². The zero-order chi connectivity index (χ0) is 18.5. The van der Waals surface area contributed by atoms with Crippen LogP contribution in [-0.4, -0.2) is 15.0 Å². The number of rotatable bonds is 6. The molecule has 0 atom stereocenters. The van der Waals surface area contributed by atoms with Gasteiger partial charge in [-0.15, -0.1) is 11.3 Å². The van der Waals surface area contributed by atoms with E-state index in [0.29, 0.717) is 5.88 Å². The standard InChI is InChI=1S/C22H19N3OS/c1-16-11-22(25-13-19(16)5-4-17-3-2-10-23-12-17)26-20-8-6-18(7-9-20)21-14-24-15-27-21/h2-3,6-15H,4-5H2,1H3. The van der Waals surface area contributed by atoms with Crippen molar-refractivity contribution >= 4 is 11.3 Å². The Labute approximate surface area is 162 Å². The smallest absolute Gasteiger partial charge is 0.219 e. The van der Waals surface area contributed by atoms with Crippen molar-refractivity contribution in [1.82, 2.24) is 15.0 Å². The first-order valence-corrected chi connectivity index (χ1v) is 9.67. The van der Waals surface area contributed by atoms with Crippen molar-refractivity contribution in [2.75, 3.05) is 0 Å². The first-order chi connectivity index (χ1) is 13.3. The monoisotopic (exact) mass is 373 g/mol. The van der Waals surface area contributed by atoms with Crippen molar-refractivity contribution in [2.24, 2.45) is 0 Å². The van der Waals surface area contributed by atoms with E-state index in [1.54, 1.807) is 17.5 Å². The molecule has 0 radical (unpaired) electrons. The molecular formula is C22H19N3OS. The molecule has 0 aliphatic carbocycles. The molecule has 0 unspecified atom stereocenters. The highest BCUT2D eigenvalue weighted by Gasteiger charge is 2.06. The molecule has 0 saturated carbocycles. The number of thiazole rings is 1. The second-order valence-electron chi connectivity index (χ2n) is 6.30. The van der Waals surface area contributed by atoms with Crippen LogP contribution >= 0.6 is 11.3 Å². The third-order valence-corrected chi connectivity index (χ3v) is 5.22. The number of aryl methyl sites for hydroxylation is 3. The van der Waals surface area contributed by atoms with Gasteiger partial charge in [0.15, 0.2) is 0 Å². The van der Waals surface area contributed by atoms with Gasteiger partial charge < -0.3 is 4.74 Å². The van der Waals surface area contributed by atoms with Gasteiger partial charge in [-0.3, -0.25) is 9.97 Å². The predicted octanol–water partition coefficient (Wildman–Crippen LogP) is 5.49. The Morgan fingerprint density at radius 3 is 2.56 bits per heavy atom. The lowest BCUT2D eigenvalue weighted by atomic mass is 10.0. The third-order valence-electron chi connectivity index (χ3n) is 4.39. The maximum atomic E-state index is 5.92. The fourth-order valence-corrected chi connectivity index (χ4v) is 3.50. The topological polar surface area (TPSA) is 47.9 Å². The van der Waals surface area contributed by atoms with E-state index in [1.165, 1.54) is 16.7 Å². The van der Waals surface area contributed by atoms with E-state index < -0.39 is 0 Å². The zero-order valence-corrected chi connectivity index (χ0v) is 15.8. The summed E-state index contributed by atoms with van der Waals surface area (Å²) in [6.45, 7) is 2.10. The Morgan fingerprint density at radius 1 is 0.963 bits per heavy atom. The zero-order valence-electron chi connectivity index (χ0n) is 15.0. The van der Waals surface area contributed by atoms with Gasteiger partial charge >= 0.3 is 0 Å². The van der Waals surface area contributed by atoms with Crippen molar-refractivity contribution in [3.63, 3.8) is 0 Å². The summed E-state index contributed by atoms with van der Waals surface area (Å²) in [5.74, 6) is 1.39. The van der Waals surface area contributed by atoms with Gasteiger partial charge in [-0.05, 0) is 72.4 Å². The van der Waals surface area contributed by atoms with Crippen molar-refractivity contribution in [1.29, 1.82) is 0 Å². The lowest BCUT2D eigenvalue weighted by Crippen LogP contribution is -1.97. The molecule has 3 aromatic heterocycles. The van der Waals surface area contributed by atoms with Gasteiger partial charge in [0.05, 0.1) is 10.4 Å². The molecule has 134 valence electrons. The summed E-state index contributed by atoms with van der Waals surface area (Å²) in [4.78, 5) is 13.9. The lowest BCUT2D eigenvalue weighted by molar-refractivity contribution is 0.462. The van der Waals surface area contributed by atoms with Gasteiger partial charge in [-0.1, -0.05) is 6.07 Å². The molecule has 0 aliphatic rings. The minimum Gasteiger partial charge on any atom is -0.439 e. The summed E-state index contributed by atoms with van der Waals surface area (Å²) in [5, 5.41) is 0. The van der Waals surface area contributed by atoms with Crippen molar-refractivity contribution in [3.8, 4) is 22.1 Å². The number of ether oxygens (including phenoxy) is 1. The molecule has 27 heavy (non-hydrogen) atoms. The van der Waals surface area contributed by atoms with E-state index >= 15 is 0 Å². The van der Waals surface area contributed by atoms with Gasteiger partial charge in [-0.2, -0.15) is 0 Å². The fraction of sp³-hybridized carbons (Fsp3) is 0.136. The summed E-state index contributed by atoms with van der Waals surface area (Å²) in [6, 6.07) is 14.1. The molecule has 4 nitrogen and oxygen atoms in total. The Hall–Kier alpha value is -3.05. The Morgan fingerprint density at radius 2 is 1.85 bits per heavy atom. The van der Waals surface area contributed by atoms with E-state index in [0.717, 1.165) is 29.0 Å². The van der Waals surface area contributed by atoms with Gasteiger partial charge in [0.25, 0.3) is 0 Å². The fourth-order valence-electron chi connectivity index (χ4n) is 2.87. The van der Waals surface area contributed by atoms with E-state index in [1.807, 2.05) is 60.5 Å². The molecule has 0 bridgehead atoms. The first kappa shape index (κ1) is 17.4. The summed E-state index contributed by atoms with van der Waals surface area (Å²) in [6.07, 6.45) is 9.38. The Bertz CT molecular complexity index is 1000. The van der Waals surface area contributed by atoms with Crippen LogP contribution in [0.25, 0.3) is 10.4 Å². The van der Waals surface area contributed by atoms with Crippen molar-refractivity contribution in [3.05, 3.63) is 89.5 Å². The van der Waals surface area contributed by atoms with Crippen LogP contribution in [0, 0.1) is 6.92 Å². The van der Waals surface area contributed by atoms with Crippen LogP contribution in [0.1, 0.15) is 16.7 Å². The molecule has 1 aromatic carbocycles. The molecule has 4 aromatic rings. The SMILES string of the molecule is Cc1cc(Oc2ccc(-c3cncs3)cc2)ncc1CCc1cccnc1. The summed E-state index contributed by atoms with van der Waals surface area (Å²) >= 11 is 1.62. The Balaban J connectivity index is 1.41. The number of nitrogens with zero attached hydrogens (tertiary/aromatic N) is 3. The van der Waals surface area contributed by atoms with Crippen LogP contribution in [0.15, 0.2) is 72.8 Å². The molecule has 0 amide bonds. The molecule has 4 rings (SSSR count). The highest BCUT2D eigenvalue weighted by Crippen LogP contribution is 2.27. The van der Waals surface area contributed by atoms with Crippen LogP contribution in [0.3, 0.4) is 0 Å². The van der Waals surface area contributed by atoms with Gasteiger partial charge in [-0.25, -0.2) is 4.98 Å². The van der Waals surface area contributed by atoms with Crippen LogP contribution in [0.5, 0.6) is 11.6 Å². The van der Waals surface area contributed by atoms with Crippen molar-refractivity contribution < 1.29 is 4.74 Å². The lowest BCUT2D eigenvalue weighted by Gasteiger charge is -2.09. The van der Waals surface area contributed by atoms with Crippen LogP contribution in [0.2, 0.25) is 0 Å². The molecule has 3 heterocycles. The largest absolute Gasteiger partial charge is 0.439 e. The average Bonchev–Trinajstić information content (AvgIpc) is 3.24. The quantitative estimate of drug-likeness (QED) is 0.449. The van der Waals surface area contributed by atoms with Crippen LogP contribution in [0.4, 0.5) is 0 Å².